The molecule has 0 bridgehead atoms. The molecular formula is C73H110O6. The van der Waals surface area contributed by atoms with Gasteiger partial charge in [0.05, 0.1) is 0 Å². The molecule has 0 fully saturated rings. The summed E-state index contributed by atoms with van der Waals surface area (Å²) < 4.78 is 16.8. The average Bonchev–Trinajstić information content (AvgIpc) is 3.45. The number of rotatable bonds is 53. The summed E-state index contributed by atoms with van der Waals surface area (Å²) in [5.41, 5.74) is 0. The molecule has 0 saturated carbocycles. The van der Waals surface area contributed by atoms with Crippen LogP contribution in [-0.2, 0) is 28.6 Å². The van der Waals surface area contributed by atoms with E-state index in [-0.39, 0.29) is 38.0 Å². The van der Waals surface area contributed by atoms with Crippen LogP contribution < -0.4 is 0 Å². The minimum atomic E-state index is -0.852. The summed E-state index contributed by atoms with van der Waals surface area (Å²) in [6, 6.07) is 0. The van der Waals surface area contributed by atoms with E-state index in [1.165, 1.54) is 32.1 Å². The van der Waals surface area contributed by atoms with Gasteiger partial charge < -0.3 is 14.2 Å². The van der Waals surface area contributed by atoms with Crippen molar-refractivity contribution in [2.24, 2.45) is 0 Å². The van der Waals surface area contributed by atoms with Crippen molar-refractivity contribution in [1.29, 1.82) is 0 Å². The first kappa shape index (κ1) is 73.2. The molecule has 0 rings (SSSR count). The molecule has 0 aromatic carbocycles. The predicted octanol–water partition coefficient (Wildman–Crippen LogP) is 21.4. The lowest BCUT2D eigenvalue weighted by Gasteiger charge is -2.18. The molecule has 438 valence electrons. The van der Waals surface area contributed by atoms with E-state index < -0.39 is 12.1 Å². The molecule has 1 unspecified atom stereocenters. The Morgan fingerprint density at radius 3 is 0.785 bits per heavy atom. The third kappa shape index (κ3) is 63.0. The Bertz CT molecular complexity index is 1920. The van der Waals surface area contributed by atoms with Crippen LogP contribution in [0.5, 0.6) is 0 Å². The van der Waals surface area contributed by atoms with Crippen LogP contribution in [0.2, 0.25) is 0 Å². The molecule has 6 nitrogen and oxygen atoms in total. The Hall–Kier alpha value is -5.75. The van der Waals surface area contributed by atoms with Gasteiger partial charge in [-0.1, -0.05) is 254 Å². The van der Waals surface area contributed by atoms with Crippen molar-refractivity contribution < 1.29 is 28.6 Å². The zero-order chi connectivity index (χ0) is 57.1. The number of unbranched alkanes of at least 4 members (excludes halogenated alkanes) is 10. The van der Waals surface area contributed by atoms with E-state index in [2.05, 4.69) is 203 Å². The fourth-order valence-corrected chi connectivity index (χ4v) is 7.58. The van der Waals surface area contributed by atoms with Crippen molar-refractivity contribution in [3.8, 4) is 0 Å². The van der Waals surface area contributed by atoms with Gasteiger partial charge in [0, 0.05) is 19.3 Å². The topological polar surface area (TPSA) is 78.9 Å². The predicted molar refractivity (Wildman–Crippen MR) is 343 cm³/mol. The van der Waals surface area contributed by atoms with Crippen molar-refractivity contribution in [3.05, 3.63) is 194 Å². The van der Waals surface area contributed by atoms with Gasteiger partial charge in [-0.2, -0.15) is 0 Å². The third-order valence-corrected chi connectivity index (χ3v) is 12.1. The quantitative estimate of drug-likeness (QED) is 0.0261. The summed E-state index contributed by atoms with van der Waals surface area (Å²) in [4.78, 5) is 38.2. The normalized spacial score (nSPS) is 13.5. The minimum absolute atomic E-state index is 0.137. The van der Waals surface area contributed by atoms with E-state index in [9.17, 15) is 14.4 Å². The van der Waals surface area contributed by atoms with Gasteiger partial charge in [-0.05, 0) is 148 Å². The molecule has 1 atom stereocenters. The highest BCUT2D eigenvalue weighted by Crippen LogP contribution is 2.13. The highest BCUT2D eigenvalue weighted by Gasteiger charge is 2.19. The van der Waals surface area contributed by atoms with Crippen LogP contribution in [0.4, 0.5) is 0 Å². The Balaban J connectivity index is 4.54. The second kappa shape index (κ2) is 64.8. The zero-order valence-corrected chi connectivity index (χ0v) is 50.0. The number of hydrogen-bond acceptors (Lipinski definition) is 6. The summed E-state index contributed by atoms with van der Waals surface area (Å²) >= 11 is 0. The summed E-state index contributed by atoms with van der Waals surface area (Å²) in [5, 5.41) is 0. The molecule has 0 aliphatic heterocycles. The van der Waals surface area contributed by atoms with Gasteiger partial charge in [0.15, 0.2) is 6.10 Å². The molecule has 0 spiro atoms. The van der Waals surface area contributed by atoms with Gasteiger partial charge >= 0.3 is 17.9 Å². The van der Waals surface area contributed by atoms with Crippen LogP contribution in [0.25, 0.3) is 0 Å². The first-order chi connectivity index (χ1) is 39.0. The number of esters is 3. The first-order valence-corrected chi connectivity index (χ1v) is 30.9. The van der Waals surface area contributed by atoms with Crippen LogP contribution in [0, 0.1) is 0 Å². The number of hydrogen-bond donors (Lipinski definition) is 0. The van der Waals surface area contributed by atoms with E-state index in [0.717, 1.165) is 141 Å². The molecule has 0 aliphatic rings. The Labute approximate surface area is 484 Å². The molecule has 0 saturated heterocycles. The van der Waals surface area contributed by atoms with E-state index >= 15 is 0 Å². The summed E-state index contributed by atoms with van der Waals surface area (Å²) in [6.45, 7) is 6.17. The molecule has 0 aliphatic carbocycles. The molecule has 0 heterocycles. The van der Waals surface area contributed by atoms with E-state index in [1.54, 1.807) is 0 Å². The minimum Gasteiger partial charge on any atom is -0.462 e. The largest absolute Gasteiger partial charge is 0.462 e. The molecule has 6 heteroatoms. The van der Waals surface area contributed by atoms with E-state index in [4.69, 9.17) is 14.2 Å². The van der Waals surface area contributed by atoms with Gasteiger partial charge in [0.2, 0.25) is 0 Å². The maximum Gasteiger partial charge on any atom is 0.306 e. The molecule has 0 radical (unpaired) electrons. The lowest BCUT2D eigenvalue weighted by atomic mass is 10.1. The fourth-order valence-electron chi connectivity index (χ4n) is 7.58. The van der Waals surface area contributed by atoms with Crippen molar-refractivity contribution in [3.63, 3.8) is 0 Å². The lowest BCUT2D eigenvalue weighted by Crippen LogP contribution is -2.30. The van der Waals surface area contributed by atoms with Crippen molar-refractivity contribution >= 4 is 17.9 Å². The smallest absolute Gasteiger partial charge is 0.306 e. The molecular weight excluding hydrogens is 973 g/mol. The Morgan fingerprint density at radius 2 is 0.481 bits per heavy atom. The third-order valence-electron chi connectivity index (χ3n) is 12.1. The van der Waals surface area contributed by atoms with Crippen molar-refractivity contribution in [2.45, 2.75) is 232 Å². The lowest BCUT2D eigenvalue weighted by molar-refractivity contribution is -0.166. The number of allylic oxidation sites excluding steroid dienone is 32. The standard InChI is InChI=1S/C73H110O6/c1-4-7-10-13-16-19-22-25-28-30-32-33-34-35-36-37-38-39-41-42-45-48-51-54-57-60-63-66-72(75)78-69-70(68-77-71(74)65-62-59-56-53-50-47-44-27-24-21-18-15-12-9-6-3)79-73(76)67-64-61-58-55-52-49-46-43-40-31-29-26-23-20-17-14-11-8-5-2/h7-12,16-21,25-29,32-33,35-36,38-40,43-44,49-50,52-53,58,61,70H,4-6,13-15,22-24,30-31,34,37,41-42,45-48,51,54-57,59-60,62-69H2,1-3H3/b10-7-,11-8-,12-9-,19-16-,20-17-,21-18-,28-25-,29-26-,33-32-,36-35-,39-38-,43-40-,44-27-,52-49-,53-50-,61-58-. The maximum atomic E-state index is 12.9. The van der Waals surface area contributed by atoms with Crippen molar-refractivity contribution in [1.82, 2.24) is 0 Å². The van der Waals surface area contributed by atoms with Gasteiger partial charge in [0.1, 0.15) is 13.2 Å². The summed E-state index contributed by atoms with van der Waals surface area (Å²) in [7, 11) is 0. The molecule has 0 N–H and O–H groups in total. The Kier molecular flexibility index (Phi) is 60.1. The molecule has 0 aromatic heterocycles. The fraction of sp³-hybridized carbons (Fsp3) is 0.521. The van der Waals surface area contributed by atoms with Crippen LogP contribution in [0.15, 0.2) is 194 Å². The van der Waals surface area contributed by atoms with Gasteiger partial charge in [-0.3, -0.25) is 14.4 Å². The molecule has 79 heavy (non-hydrogen) atoms. The van der Waals surface area contributed by atoms with Crippen LogP contribution in [-0.4, -0.2) is 37.2 Å². The monoisotopic (exact) mass is 1080 g/mol. The highest BCUT2D eigenvalue weighted by atomic mass is 16.6. The first-order valence-electron chi connectivity index (χ1n) is 30.9. The zero-order valence-electron chi connectivity index (χ0n) is 50.0. The number of carbonyl (C=O) groups is 3. The van der Waals surface area contributed by atoms with Crippen LogP contribution in [0.3, 0.4) is 0 Å². The van der Waals surface area contributed by atoms with Gasteiger partial charge in [-0.25, -0.2) is 0 Å². The average molecular weight is 1080 g/mol. The van der Waals surface area contributed by atoms with Crippen LogP contribution in [0.1, 0.15) is 226 Å². The van der Waals surface area contributed by atoms with E-state index in [0.29, 0.717) is 19.3 Å². The second-order valence-electron chi connectivity index (χ2n) is 19.5. The Morgan fingerprint density at radius 1 is 0.253 bits per heavy atom. The summed E-state index contributed by atoms with van der Waals surface area (Å²) in [6.07, 6.45) is 98.7. The highest BCUT2D eigenvalue weighted by molar-refractivity contribution is 5.71. The van der Waals surface area contributed by atoms with Crippen molar-refractivity contribution in [2.75, 3.05) is 13.2 Å². The summed E-state index contributed by atoms with van der Waals surface area (Å²) in [5.74, 6) is -1.08. The number of carbonyl (C=O) groups excluding carboxylic acids is 3. The maximum absolute atomic E-state index is 12.9. The second-order valence-corrected chi connectivity index (χ2v) is 19.5. The molecule has 0 aromatic rings. The van der Waals surface area contributed by atoms with E-state index in [1.807, 2.05) is 12.2 Å². The number of ether oxygens (including phenoxy) is 3. The SMILES string of the molecule is CC/C=C\C/C=C\C/C=C\C/C=C\C/C=C\C/C=C\CCCCCCCCCCC(=O)OCC(COC(=O)CCCC/C=C\C/C=C\C/C=C\C/C=C\CC)OC(=O)CC/C=C\C/C=C\C/C=C\C/C=C\C/C=C\C/C=C\CC. The van der Waals surface area contributed by atoms with Gasteiger partial charge in [-0.15, -0.1) is 0 Å². The van der Waals surface area contributed by atoms with Gasteiger partial charge in [0.25, 0.3) is 0 Å². The molecule has 0 amide bonds. The van der Waals surface area contributed by atoms with Crippen LogP contribution >= 0.6 is 0 Å².